The number of fused-ring (bicyclic) bond motifs is 2. The maximum Gasteiger partial charge on any atom is 0.336 e. The third kappa shape index (κ3) is 6.00. The number of nitrogens with one attached hydrogen (secondary N) is 3. The highest BCUT2D eigenvalue weighted by atomic mass is 32.2. The Kier molecular flexibility index (Phi) is 7.94. The lowest BCUT2D eigenvalue weighted by molar-refractivity contribution is -0.118. The number of carbonyl (C=O) groups is 1. The van der Waals surface area contributed by atoms with Crippen LogP contribution in [0, 0.1) is 11.8 Å². The average molecular weight is 617 g/mol. The van der Waals surface area contributed by atoms with E-state index in [9.17, 15) is 23.1 Å². The largest absolute Gasteiger partial charge is 0.394 e. The molecule has 4 aromatic rings. The van der Waals surface area contributed by atoms with Gasteiger partial charge < -0.3 is 14.4 Å². The van der Waals surface area contributed by atoms with Gasteiger partial charge in [-0.05, 0) is 25.2 Å². The molecule has 43 heavy (non-hydrogen) atoms. The molecule has 4 aromatic heterocycles. The predicted octanol–water partition coefficient (Wildman–Crippen LogP) is 0.395. The molecule has 2 aliphatic rings. The van der Waals surface area contributed by atoms with Crippen LogP contribution < -0.4 is 15.6 Å². The summed E-state index contributed by atoms with van der Waals surface area (Å²) >= 11 is 0. The van der Waals surface area contributed by atoms with Crippen LogP contribution in [0.15, 0.2) is 30.0 Å². The molecule has 0 aromatic carbocycles. The zero-order valence-electron chi connectivity index (χ0n) is 23.5. The van der Waals surface area contributed by atoms with Crippen LogP contribution in [-0.4, -0.2) is 83.8 Å². The molecule has 2 fully saturated rings. The van der Waals surface area contributed by atoms with E-state index in [2.05, 4.69) is 39.9 Å². The van der Waals surface area contributed by atoms with Crippen molar-refractivity contribution in [3.63, 3.8) is 0 Å². The zero-order chi connectivity index (χ0) is 30.3. The van der Waals surface area contributed by atoms with Crippen LogP contribution in [0.25, 0.3) is 22.3 Å². The van der Waals surface area contributed by atoms with E-state index in [1.165, 1.54) is 17.2 Å². The minimum atomic E-state index is -4.24. The molecule has 4 N–H and O–H groups in total. The Hall–Kier alpha value is -3.84. The molecule has 1 saturated carbocycles. The van der Waals surface area contributed by atoms with Crippen molar-refractivity contribution in [2.45, 2.75) is 64.0 Å². The van der Waals surface area contributed by atoms with Crippen molar-refractivity contribution in [2.75, 3.05) is 18.5 Å². The number of hydrogen-bond donors (Lipinski definition) is 4. The lowest BCUT2D eigenvalue weighted by atomic mass is 10.1. The van der Waals surface area contributed by atoms with Crippen molar-refractivity contribution in [1.82, 2.24) is 43.8 Å². The molecule has 6 rings (SSSR count). The molecule has 1 saturated heterocycles. The summed E-state index contributed by atoms with van der Waals surface area (Å²) in [4.78, 5) is 48.4. The van der Waals surface area contributed by atoms with E-state index in [0.29, 0.717) is 5.52 Å². The molecule has 0 radical (unpaired) electrons. The topological polar surface area (TPSA) is 221 Å². The van der Waals surface area contributed by atoms with Crippen LogP contribution in [0.2, 0.25) is 0 Å². The fraction of sp³-hybridized carbons (Fsp3) is 0.560. The number of aromatic amines is 1. The molecular weight excluding hydrogens is 584 g/mol. The third-order valence-corrected chi connectivity index (χ3v) is 8.79. The number of rotatable bonds is 10. The molecule has 0 unspecified atom stereocenters. The van der Waals surface area contributed by atoms with Crippen LogP contribution in [0.1, 0.15) is 51.8 Å². The molecule has 0 bridgehead atoms. The summed E-state index contributed by atoms with van der Waals surface area (Å²) in [6.45, 7) is 3.18. The van der Waals surface area contributed by atoms with Crippen LogP contribution in [0.4, 0.5) is 5.95 Å². The van der Waals surface area contributed by atoms with Crippen molar-refractivity contribution in [2.24, 2.45) is 11.8 Å². The summed E-state index contributed by atoms with van der Waals surface area (Å²) in [5, 5.41) is 12.3. The van der Waals surface area contributed by atoms with Crippen molar-refractivity contribution in [3.8, 4) is 0 Å². The van der Waals surface area contributed by atoms with Crippen molar-refractivity contribution >= 4 is 44.5 Å². The number of anilines is 1. The fourth-order valence-corrected chi connectivity index (χ4v) is 6.56. The Morgan fingerprint density at radius 3 is 2.79 bits per heavy atom. The summed E-state index contributed by atoms with van der Waals surface area (Å²) in [6, 6.07) is 0.133. The SMILES string of the molecule is CC(C)C(=O)Nc1nc2c(ncn2[C@@H]2O[C@H](CO)C[C@H]2OS(=O)(=O)NC[C@@H]2CC[C@@H](n3cnc4cncnc43)C2)c(=O)[nH]1. The van der Waals surface area contributed by atoms with E-state index in [0.717, 1.165) is 24.9 Å². The van der Waals surface area contributed by atoms with Gasteiger partial charge in [-0.3, -0.25) is 24.5 Å². The van der Waals surface area contributed by atoms with Gasteiger partial charge in [0.2, 0.25) is 11.9 Å². The first-order valence-corrected chi connectivity index (χ1v) is 15.4. The number of nitrogens with zero attached hydrogens (tertiary/aromatic N) is 7. The highest BCUT2D eigenvalue weighted by molar-refractivity contribution is 7.84. The number of amides is 1. The zero-order valence-corrected chi connectivity index (χ0v) is 24.3. The van der Waals surface area contributed by atoms with E-state index in [-0.39, 0.29) is 60.5 Å². The van der Waals surface area contributed by atoms with Gasteiger partial charge in [0, 0.05) is 24.9 Å². The second-order valence-corrected chi connectivity index (χ2v) is 12.5. The maximum atomic E-state index is 13.1. The van der Waals surface area contributed by atoms with Crippen LogP contribution in [-0.2, 0) is 24.0 Å². The number of H-pyrrole nitrogens is 1. The van der Waals surface area contributed by atoms with E-state index in [1.54, 1.807) is 26.4 Å². The number of aromatic nitrogens is 8. The summed E-state index contributed by atoms with van der Waals surface area (Å²) in [5.41, 5.74) is 0.868. The fourth-order valence-electron chi connectivity index (χ4n) is 5.55. The van der Waals surface area contributed by atoms with E-state index in [4.69, 9.17) is 8.92 Å². The lowest BCUT2D eigenvalue weighted by Gasteiger charge is -2.21. The summed E-state index contributed by atoms with van der Waals surface area (Å²) in [6.07, 6.45) is 5.73. The maximum absolute atomic E-state index is 13.1. The first kappa shape index (κ1) is 29.2. The minimum absolute atomic E-state index is 0.0359. The monoisotopic (exact) mass is 616 g/mol. The molecule has 18 heteroatoms. The van der Waals surface area contributed by atoms with Gasteiger partial charge in [0.1, 0.15) is 17.9 Å². The van der Waals surface area contributed by atoms with E-state index >= 15 is 0 Å². The Morgan fingerprint density at radius 2 is 2.00 bits per heavy atom. The summed E-state index contributed by atoms with van der Waals surface area (Å²) in [5.74, 6) is -0.741. The molecule has 5 atom stereocenters. The molecule has 17 nitrogen and oxygen atoms in total. The molecular formula is C25H32N10O7S. The second kappa shape index (κ2) is 11.7. The standard InChI is InChI=1S/C25H32N10O7S/c1-13(2)22(37)32-25-31-21-19(23(38)33-25)29-12-35(21)24-18(6-16(9-36)41-24)42-43(39,40)30-7-14-3-4-15(5-14)34-11-28-17-8-26-10-27-20(17)34/h8,10-16,18,24,30,36H,3-7,9H2,1-2H3,(H2,31,32,33,37,38)/t14-,15-,16+,18-,24-/m1/s1. The number of hydrogen-bond acceptors (Lipinski definition) is 12. The Balaban J connectivity index is 1.15. The number of aliphatic hydroxyl groups excluding tert-OH is 1. The number of imidazole rings is 2. The van der Waals surface area contributed by atoms with Crippen LogP contribution in [0.5, 0.6) is 0 Å². The van der Waals surface area contributed by atoms with Gasteiger partial charge >= 0.3 is 10.3 Å². The smallest absolute Gasteiger partial charge is 0.336 e. The van der Waals surface area contributed by atoms with Crippen molar-refractivity contribution in [3.05, 3.63) is 35.5 Å². The summed E-state index contributed by atoms with van der Waals surface area (Å²) in [7, 11) is -4.24. The van der Waals surface area contributed by atoms with Crippen LogP contribution in [0.3, 0.4) is 0 Å². The van der Waals surface area contributed by atoms with Gasteiger partial charge in [0.15, 0.2) is 23.0 Å². The third-order valence-electron chi connectivity index (χ3n) is 7.77. The van der Waals surface area contributed by atoms with Crippen molar-refractivity contribution in [1.29, 1.82) is 0 Å². The Morgan fingerprint density at radius 1 is 1.19 bits per heavy atom. The number of aliphatic hydroxyl groups is 1. The Bertz CT molecular complexity index is 1800. The van der Waals surface area contributed by atoms with E-state index < -0.39 is 34.3 Å². The average Bonchev–Trinajstić information content (AvgIpc) is 3.77. The first-order chi connectivity index (χ1) is 20.6. The van der Waals surface area contributed by atoms with Gasteiger partial charge in [-0.15, -0.1) is 0 Å². The normalized spacial score (nSPS) is 24.4. The number of carbonyl (C=O) groups excluding carboxylic acids is 1. The van der Waals surface area contributed by atoms with Gasteiger partial charge in [-0.2, -0.15) is 18.1 Å². The van der Waals surface area contributed by atoms with Crippen molar-refractivity contribution < 1.29 is 27.2 Å². The summed E-state index contributed by atoms with van der Waals surface area (Å²) < 4.78 is 43.5. The molecule has 1 aliphatic carbocycles. The highest BCUT2D eigenvalue weighted by Gasteiger charge is 2.41. The van der Waals surface area contributed by atoms with Gasteiger partial charge in [-0.1, -0.05) is 13.8 Å². The number of ether oxygens (including phenoxy) is 1. The molecule has 5 heterocycles. The van der Waals surface area contributed by atoms with E-state index in [1.807, 2.05) is 4.57 Å². The minimum Gasteiger partial charge on any atom is -0.394 e. The second-order valence-electron chi connectivity index (χ2n) is 11.1. The molecule has 1 aliphatic heterocycles. The predicted molar refractivity (Wildman–Crippen MR) is 151 cm³/mol. The molecule has 230 valence electrons. The van der Waals surface area contributed by atoms with Gasteiger partial charge in [0.05, 0.1) is 31.6 Å². The first-order valence-electron chi connectivity index (χ1n) is 14.0. The highest BCUT2D eigenvalue weighted by Crippen LogP contribution is 2.36. The quantitative estimate of drug-likeness (QED) is 0.190. The Labute approximate surface area is 245 Å². The lowest BCUT2D eigenvalue weighted by Crippen LogP contribution is -2.35. The van der Waals surface area contributed by atoms with Gasteiger partial charge in [-0.25, -0.2) is 24.1 Å². The van der Waals surface area contributed by atoms with Gasteiger partial charge in [0.25, 0.3) is 5.56 Å². The molecule has 1 amide bonds. The van der Waals surface area contributed by atoms with Crippen LogP contribution >= 0.6 is 0 Å². The molecule has 0 spiro atoms.